The third kappa shape index (κ3) is 1.62. The number of aliphatic hydroxyl groups excluding tert-OH is 3. The molecule has 0 aromatic carbocycles. The van der Waals surface area contributed by atoms with Crippen LogP contribution < -0.4 is 0 Å². The molecule has 3 atom stereocenters. The molecular weight excluding hydrogens is 124 g/mol. The van der Waals surface area contributed by atoms with Crippen molar-refractivity contribution in [3.8, 4) is 0 Å². The highest BCUT2D eigenvalue weighted by atomic mass is 16.6. The van der Waals surface area contributed by atoms with Crippen molar-refractivity contribution in [2.75, 3.05) is 6.61 Å². The molecule has 0 bridgehead atoms. The Morgan fingerprint density at radius 1 is 1.22 bits per heavy atom. The zero-order chi connectivity index (χ0) is 6.85. The Labute approximate surface area is 52.7 Å². The molecule has 0 aromatic heterocycles. The number of ether oxygens (including phenoxy) is 1. The molecule has 0 saturated carbocycles. The second-order valence-electron chi connectivity index (χ2n) is 2.18. The lowest BCUT2D eigenvalue weighted by Crippen LogP contribution is -2.40. The van der Waals surface area contributed by atoms with Crippen LogP contribution in [0.25, 0.3) is 0 Å². The van der Waals surface area contributed by atoms with Crippen LogP contribution >= 0.6 is 0 Å². The molecule has 1 heterocycles. The Kier molecular flexibility index (Phi) is 2.02. The molecule has 1 rings (SSSR count). The highest BCUT2D eigenvalue weighted by molar-refractivity contribution is 4.70. The first-order valence-corrected chi connectivity index (χ1v) is 2.86. The molecule has 0 amide bonds. The fourth-order valence-electron chi connectivity index (χ4n) is 0.784. The Morgan fingerprint density at radius 2 is 1.89 bits per heavy atom. The third-order valence-electron chi connectivity index (χ3n) is 1.30. The summed E-state index contributed by atoms with van der Waals surface area (Å²) < 4.78 is 4.56. The zero-order valence-corrected chi connectivity index (χ0v) is 4.90. The monoisotopic (exact) mass is 134 g/mol. The van der Waals surface area contributed by atoms with Crippen molar-refractivity contribution in [3.05, 3.63) is 0 Å². The van der Waals surface area contributed by atoms with Crippen LogP contribution in [0.2, 0.25) is 0 Å². The van der Waals surface area contributed by atoms with Gasteiger partial charge in [-0.3, -0.25) is 0 Å². The Morgan fingerprint density at radius 3 is 2.33 bits per heavy atom. The molecule has 54 valence electrons. The molecule has 9 heavy (non-hydrogen) atoms. The Bertz CT molecular complexity index is 95.0. The molecular formula is C5H10O4. The summed E-state index contributed by atoms with van der Waals surface area (Å²) in [4.78, 5) is 0. The van der Waals surface area contributed by atoms with Gasteiger partial charge in [-0.2, -0.15) is 0 Å². The number of hydrogen-bond acceptors (Lipinski definition) is 4. The summed E-state index contributed by atoms with van der Waals surface area (Å²) in [7, 11) is 0. The second-order valence-corrected chi connectivity index (χ2v) is 2.18. The topological polar surface area (TPSA) is 69.9 Å². The molecule has 1 aliphatic rings. The van der Waals surface area contributed by atoms with E-state index in [9.17, 15) is 0 Å². The van der Waals surface area contributed by atoms with Gasteiger partial charge in [-0.1, -0.05) is 0 Å². The largest absolute Gasteiger partial charge is 0.391 e. The van der Waals surface area contributed by atoms with E-state index in [1.54, 1.807) is 0 Å². The van der Waals surface area contributed by atoms with Crippen LogP contribution in [0.3, 0.4) is 0 Å². The third-order valence-corrected chi connectivity index (χ3v) is 1.30. The SMILES string of the molecule is OC1COC(O)[C@@H](O)C1. The quantitative estimate of drug-likeness (QED) is 0.375. The molecule has 1 saturated heterocycles. The fraction of sp³-hybridized carbons (Fsp3) is 1.00. The average Bonchev–Trinajstić information content (AvgIpc) is 1.80. The standard InChI is InChI=1S/C5H10O4/c6-3-1-4(7)5(8)9-2-3/h3-8H,1-2H2/t3?,4-,5?/m0/s1. The first kappa shape index (κ1) is 6.95. The van der Waals surface area contributed by atoms with Crippen LogP contribution in [0, 0.1) is 0 Å². The maximum absolute atomic E-state index is 8.81. The van der Waals surface area contributed by atoms with Gasteiger partial charge in [0.25, 0.3) is 0 Å². The van der Waals surface area contributed by atoms with Crippen LogP contribution in [0.15, 0.2) is 0 Å². The van der Waals surface area contributed by atoms with E-state index in [-0.39, 0.29) is 13.0 Å². The van der Waals surface area contributed by atoms with Crippen LogP contribution in [0.5, 0.6) is 0 Å². The molecule has 0 spiro atoms. The average molecular weight is 134 g/mol. The Hall–Kier alpha value is -0.160. The molecule has 0 radical (unpaired) electrons. The van der Waals surface area contributed by atoms with Gasteiger partial charge in [-0.25, -0.2) is 0 Å². The van der Waals surface area contributed by atoms with E-state index >= 15 is 0 Å². The van der Waals surface area contributed by atoms with Crippen molar-refractivity contribution in [1.82, 2.24) is 0 Å². The van der Waals surface area contributed by atoms with E-state index in [4.69, 9.17) is 15.3 Å². The van der Waals surface area contributed by atoms with Crippen LogP contribution in [0.4, 0.5) is 0 Å². The van der Waals surface area contributed by atoms with E-state index in [1.165, 1.54) is 0 Å². The summed E-state index contributed by atoms with van der Waals surface area (Å²) in [6.07, 6.45) is -2.49. The van der Waals surface area contributed by atoms with Crippen molar-refractivity contribution in [2.24, 2.45) is 0 Å². The summed E-state index contributed by atoms with van der Waals surface area (Å²) >= 11 is 0. The van der Waals surface area contributed by atoms with E-state index in [2.05, 4.69) is 4.74 Å². The minimum Gasteiger partial charge on any atom is -0.391 e. The predicted molar refractivity (Wildman–Crippen MR) is 28.6 cm³/mol. The van der Waals surface area contributed by atoms with E-state index in [1.807, 2.05) is 0 Å². The van der Waals surface area contributed by atoms with Gasteiger partial charge in [0.1, 0.15) is 6.10 Å². The van der Waals surface area contributed by atoms with E-state index < -0.39 is 18.5 Å². The highest BCUT2D eigenvalue weighted by Crippen LogP contribution is 2.11. The van der Waals surface area contributed by atoms with Gasteiger partial charge in [-0.15, -0.1) is 0 Å². The van der Waals surface area contributed by atoms with Crippen LogP contribution in [-0.4, -0.2) is 40.4 Å². The predicted octanol–water partition coefficient (Wildman–Crippen LogP) is -1.55. The van der Waals surface area contributed by atoms with Gasteiger partial charge >= 0.3 is 0 Å². The highest BCUT2D eigenvalue weighted by Gasteiger charge is 2.26. The lowest BCUT2D eigenvalue weighted by atomic mass is 10.1. The molecule has 0 aliphatic carbocycles. The molecule has 3 N–H and O–H groups in total. The first-order chi connectivity index (χ1) is 4.20. The van der Waals surface area contributed by atoms with E-state index in [0.717, 1.165) is 0 Å². The van der Waals surface area contributed by atoms with Gasteiger partial charge in [0.2, 0.25) is 0 Å². The van der Waals surface area contributed by atoms with Crippen LogP contribution in [-0.2, 0) is 4.74 Å². The molecule has 1 aliphatic heterocycles. The number of rotatable bonds is 0. The molecule has 0 aromatic rings. The van der Waals surface area contributed by atoms with Crippen molar-refractivity contribution in [2.45, 2.75) is 24.9 Å². The second kappa shape index (κ2) is 2.62. The minimum atomic E-state index is -1.12. The number of hydrogen-bond donors (Lipinski definition) is 3. The Balaban J connectivity index is 2.35. The van der Waals surface area contributed by atoms with Crippen molar-refractivity contribution < 1.29 is 20.1 Å². The smallest absolute Gasteiger partial charge is 0.181 e. The van der Waals surface area contributed by atoms with Gasteiger partial charge in [-0.05, 0) is 0 Å². The first-order valence-electron chi connectivity index (χ1n) is 2.86. The van der Waals surface area contributed by atoms with Crippen molar-refractivity contribution in [1.29, 1.82) is 0 Å². The maximum atomic E-state index is 8.81. The minimum absolute atomic E-state index is 0.109. The lowest BCUT2D eigenvalue weighted by molar-refractivity contribution is -0.211. The molecule has 1 fully saturated rings. The molecule has 4 heteroatoms. The van der Waals surface area contributed by atoms with Gasteiger partial charge in [0, 0.05) is 6.42 Å². The number of aliphatic hydroxyl groups is 3. The van der Waals surface area contributed by atoms with Crippen molar-refractivity contribution >= 4 is 0 Å². The summed E-state index contributed by atoms with van der Waals surface area (Å²) in [5.41, 5.74) is 0. The molecule has 4 nitrogen and oxygen atoms in total. The maximum Gasteiger partial charge on any atom is 0.181 e. The van der Waals surface area contributed by atoms with Crippen LogP contribution in [0.1, 0.15) is 6.42 Å². The summed E-state index contributed by atoms with van der Waals surface area (Å²) in [6.45, 7) is 0.109. The van der Waals surface area contributed by atoms with Gasteiger partial charge in [0.15, 0.2) is 6.29 Å². The lowest BCUT2D eigenvalue weighted by Gasteiger charge is -2.26. The van der Waals surface area contributed by atoms with Crippen molar-refractivity contribution in [3.63, 3.8) is 0 Å². The molecule has 2 unspecified atom stereocenters. The van der Waals surface area contributed by atoms with Gasteiger partial charge in [0.05, 0.1) is 12.7 Å². The summed E-state index contributed by atoms with van der Waals surface area (Å²) in [6, 6.07) is 0. The summed E-state index contributed by atoms with van der Waals surface area (Å²) in [5.74, 6) is 0. The zero-order valence-electron chi connectivity index (χ0n) is 4.90. The van der Waals surface area contributed by atoms with Gasteiger partial charge < -0.3 is 20.1 Å². The normalized spacial score (nSPS) is 45.0. The summed E-state index contributed by atoms with van der Waals surface area (Å²) in [5, 5.41) is 26.3. The fourth-order valence-corrected chi connectivity index (χ4v) is 0.784. The van der Waals surface area contributed by atoms with E-state index in [0.29, 0.717) is 0 Å².